The van der Waals surface area contributed by atoms with Crippen LogP contribution in [0, 0.1) is 12.8 Å². The fourth-order valence-corrected chi connectivity index (χ4v) is 1.75. The maximum atomic E-state index is 11.6. The van der Waals surface area contributed by atoms with Gasteiger partial charge in [0.15, 0.2) is 0 Å². The maximum Gasteiger partial charge on any atom is 0.325 e. The number of hydrogen-bond acceptors (Lipinski definition) is 3. The fourth-order valence-electron chi connectivity index (χ4n) is 1.75. The van der Waals surface area contributed by atoms with Crippen LogP contribution in [0.2, 0.25) is 0 Å². The topological polar surface area (TPSA) is 95.5 Å². The molecule has 3 N–H and O–H groups in total. The van der Waals surface area contributed by atoms with Crippen LogP contribution in [0.3, 0.4) is 0 Å². The second-order valence-corrected chi connectivity index (χ2v) is 4.78. The van der Waals surface area contributed by atoms with Crippen LogP contribution >= 0.6 is 0 Å². The Morgan fingerprint density at radius 3 is 2.55 bits per heavy atom. The molecule has 1 aromatic carbocycles. The summed E-state index contributed by atoms with van der Waals surface area (Å²) in [7, 11) is 0. The van der Waals surface area contributed by atoms with E-state index in [1.807, 2.05) is 13.0 Å². The first-order valence-corrected chi connectivity index (χ1v) is 6.26. The summed E-state index contributed by atoms with van der Waals surface area (Å²) in [6, 6.07) is 6.55. The van der Waals surface area contributed by atoms with Crippen LogP contribution in [0.4, 0.5) is 10.5 Å². The molecule has 1 aromatic rings. The van der Waals surface area contributed by atoms with Crippen molar-refractivity contribution in [2.75, 3.05) is 5.32 Å². The molecule has 0 aliphatic rings. The van der Waals surface area contributed by atoms with E-state index in [-0.39, 0.29) is 18.8 Å². The Morgan fingerprint density at radius 2 is 1.95 bits per heavy atom. The minimum atomic E-state index is -0.963. The van der Waals surface area contributed by atoms with Crippen LogP contribution in [0.5, 0.6) is 0 Å². The average Bonchev–Trinajstić information content (AvgIpc) is 2.26. The molecule has 1 atom stereocenters. The highest BCUT2D eigenvalue weighted by atomic mass is 16.4. The van der Waals surface area contributed by atoms with Crippen molar-refractivity contribution < 1.29 is 19.5 Å². The van der Waals surface area contributed by atoms with Crippen molar-refractivity contribution in [1.82, 2.24) is 5.32 Å². The molecule has 0 saturated carbocycles. The molecule has 6 nitrogen and oxygen atoms in total. The van der Waals surface area contributed by atoms with E-state index in [4.69, 9.17) is 5.11 Å². The van der Waals surface area contributed by atoms with Gasteiger partial charge < -0.3 is 10.4 Å². The standard InChI is InChI=1S/C14H18N2O4/c1-9-4-3-5-11(6-9)15-14(20)16-12(17)7-10(2)8-13(18)19/h3-6,10H,7-8H2,1-2H3,(H,18,19)(H2,15,16,17,20). The van der Waals surface area contributed by atoms with Crippen LogP contribution in [0.15, 0.2) is 24.3 Å². The molecule has 0 bridgehead atoms. The van der Waals surface area contributed by atoms with E-state index < -0.39 is 17.9 Å². The Kier molecular flexibility index (Phi) is 5.71. The number of anilines is 1. The van der Waals surface area contributed by atoms with E-state index in [1.165, 1.54) is 0 Å². The molecule has 108 valence electrons. The molecular weight excluding hydrogens is 260 g/mol. The number of carbonyl (C=O) groups excluding carboxylic acids is 2. The Hall–Kier alpha value is -2.37. The molecule has 0 radical (unpaired) electrons. The lowest BCUT2D eigenvalue weighted by atomic mass is 10.0. The summed E-state index contributed by atoms with van der Waals surface area (Å²) in [5.41, 5.74) is 1.58. The number of amides is 3. The monoisotopic (exact) mass is 278 g/mol. The molecule has 0 fully saturated rings. The van der Waals surface area contributed by atoms with Crippen LogP contribution < -0.4 is 10.6 Å². The average molecular weight is 278 g/mol. The van der Waals surface area contributed by atoms with Crippen LogP contribution in [0.1, 0.15) is 25.3 Å². The van der Waals surface area contributed by atoms with E-state index in [1.54, 1.807) is 25.1 Å². The maximum absolute atomic E-state index is 11.6. The number of hydrogen-bond donors (Lipinski definition) is 3. The predicted octanol–water partition coefficient (Wildman–Crippen LogP) is 2.14. The van der Waals surface area contributed by atoms with Crippen molar-refractivity contribution in [3.63, 3.8) is 0 Å². The van der Waals surface area contributed by atoms with Crippen LogP contribution in [-0.4, -0.2) is 23.0 Å². The Bertz CT molecular complexity index is 514. The molecule has 0 heterocycles. The van der Waals surface area contributed by atoms with Gasteiger partial charge in [0.2, 0.25) is 5.91 Å². The highest BCUT2D eigenvalue weighted by Gasteiger charge is 2.14. The molecule has 0 aliphatic heterocycles. The van der Waals surface area contributed by atoms with E-state index in [2.05, 4.69) is 10.6 Å². The van der Waals surface area contributed by atoms with Gasteiger partial charge in [0.25, 0.3) is 0 Å². The van der Waals surface area contributed by atoms with Gasteiger partial charge in [0.1, 0.15) is 0 Å². The van der Waals surface area contributed by atoms with Gasteiger partial charge in [-0.2, -0.15) is 0 Å². The smallest absolute Gasteiger partial charge is 0.325 e. The summed E-state index contributed by atoms with van der Waals surface area (Å²) in [6.45, 7) is 3.54. The number of rotatable bonds is 5. The zero-order valence-electron chi connectivity index (χ0n) is 11.5. The molecule has 3 amide bonds. The second kappa shape index (κ2) is 7.28. The van der Waals surface area contributed by atoms with Crippen molar-refractivity contribution in [3.8, 4) is 0 Å². The molecular formula is C14H18N2O4. The molecule has 1 rings (SSSR count). The van der Waals surface area contributed by atoms with E-state index in [0.717, 1.165) is 5.56 Å². The first-order valence-electron chi connectivity index (χ1n) is 6.26. The van der Waals surface area contributed by atoms with Crippen molar-refractivity contribution in [1.29, 1.82) is 0 Å². The number of benzene rings is 1. The lowest BCUT2D eigenvalue weighted by molar-refractivity contribution is -0.138. The molecule has 0 aromatic heterocycles. The van der Waals surface area contributed by atoms with Gasteiger partial charge in [-0.05, 0) is 30.5 Å². The molecule has 20 heavy (non-hydrogen) atoms. The number of urea groups is 1. The summed E-state index contributed by atoms with van der Waals surface area (Å²) < 4.78 is 0. The second-order valence-electron chi connectivity index (χ2n) is 4.78. The van der Waals surface area contributed by atoms with Crippen LogP contribution in [0.25, 0.3) is 0 Å². The Balaban J connectivity index is 2.42. The molecule has 1 unspecified atom stereocenters. The number of aliphatic carboxylic acids is 1. The van der Waals surface area contributed by atoms with Gasteiger partial charge in [-0.15, -0.1) is 0 Å². The first kappa shape index (κ1) is 15.7. The molecule has 0 spiro atoms. The highest BCUT2D eigenvalue weighted by molar-refractivity contribution is 6.01. The third-order valence-corrected chi connectivity index (χ3v) is 2.59. The number of imide groups is 1. The van der Waals surface area contributed by atoms with E-state index in [9.17, 15) is 14.4 Å². The summed E-state index contributed by atoms with van der Waals surface area (Å²) in [5.74, 6) is -1.78. The van der Waals surface area contributed by atoms with Crippen molar-refractivity contribution in [2.24, 2.45) is 5.92 Å². The number of carboxylic acids is 1. The summed E-state index contributed by atoms with van der Waals surface area (Å²) >= 11 is 0. The normalized spacial score (nSPS) is 11.5. The Labute approximate surface area is 117 Å². The summed E-state index contributed by atoms with van der Waals surface area (Å²) in [4.78, 5) is 33.6. The van der Waals surface area contributed by atoms with Gasteiger partial charge in [-0.25, -0.2) is 4.79 Å². The largest absolute Gasteiger partial charge is 0.481 e. The Morgan fingerprint density at radius 1 is 1.25 bits per heavy atom. The van der Waals surface area contributed by atoms with E-state index in [0.29, 0.717) is 5.69 Å². The molecule has 0 aliphatic carbocycles. The van der Waals surface area contributed by atoms with Crippen molar-refractivity contribution >= 4 is 23.6 Å². The van der Waals surface area contributed by atoms with E-state index >= 15 is 0 Å². The predicted molar refractivity (Wildman–Crippen MR) is 74.4 cm³/mol. The minimum absolute atomic E-state index is 0.00641. The third kappa shape index (κ3) is 5.99. The zero-order chi connectivity index (χ0) is 15.1. The van der Waals surface area contributed by atoms with Crippen molar-refractivity contribution in [3.05, 3.63) is 29.8 Å². The first-order chi connectivity index (χ1) is 9.36. The number of carboxylic acid groups (broad SMARTS) is 1. The quantitative estimate of drug-likeness (QED) is 0.769. The fraction of sp³-hybridized carbons (Fsp3) is 0.357. The van der Waals surface area contributed by atoms with Gasteiger partial charge in [-0.1, -0.05) is 19.1 Å². The number of aryl methyl sites for hydroxylation is 1. The highest BCUT2D eigenvalue weighted by Crippen LogP contribution is 2.10. The van der Waals surface area contributed by atoms with Gasteiger partial charge in [0.05, 0.1) is 0 Å². The molecule has 6 heteroatoms. The summed E-state index contributed by atoms with van der Waals surface area (Å²) in [5, 5.41) is 13.3. The van der Waals surface area contributed by atoms with Gasteiger partial charge >= 0.3 is 12.0 Å². The lowest BCUT2D eigenvalue weighted by Gasteiger charge is -2.10. The van der Waals surface area contributed by atoms with Crippen LogP contribution in [-0.2, 0) is 9.59 Å². The van der Waals surface area contributed by atoms with Gasteiger partial charge in [-0.3, -0.25) is 14.9 Å². The SMILES string of the molecule is Cc1cccc(NC(=O)NC(=O)CC(C)CC(=O)O)c1. The lowest BCUT2D eigenvalue weighted by Crippen LogP contribution is -2.35. The number of nitrogens with one attached hydrogen (secondary N) is 2. The summed E-state index contributed by atoms with van der Waals surface area (Å²) in [6.07, 6.45) is -0.111. The zero-order valence-corrected chi connectivity index (χ0v) is 11.5. The minimum Gasteiger partial charge on any atom is -0.481 e. The number of carbonyl (C=O) groups is 3. The third-order valence-electron chi connectivity index (χ3n) is 2.59. The van der Waals surface area contributed by atoms with Gasteiger partial charge in [0, 0.05) is 18.5 Å². The molecule has 0 saturated heterocycles. The van der Waals surface area contributed by atoms with Crippen molar-refractivity contribution in [2.45, 2.75) is 26.7 Å².